The molecular weight excluding hydrogens is 488 g/mol. The molecule has 6 heteroatoms. The van der Waals surface area contributed by atoms with Crippen molar-refractivity contribution in [3.05, 3.63) is 130 Å². The van der Waals surface area contributed by atoms with Gasteiger partial charge in [-0.3, -0.25) is 9.59 Å². The molecule has 1 heterocycles. The largest absolute Gasteiger partial charge is 0.422 e. The Hall–Kier alpha value is -4.97. The summed E-state index contributed by atoms with van der Waals surface area (Å²) in [5, 5.41) is 6.55. The topological polar surface area (TPSA) is 88.4 Å². The minimum atomic E-state index is -0.470. The average molecular weight is 517 g/mol. The molecule has 5 rings (SSSR count). The molecule has 0 unspecified atom stereocenters. The molecule has 1 aromatic heterocycles. The van der Waals surface area contributed by atoms with Gasteiger partial charge in [-0.1, -0.05) is 69.3 Å². The van der Waals surface area contributed by atoms with Gasteiger partial charge in [-0.25, -0.2) is 4.79 Å². The molecule has 0 atom stereocenters. The summed E-state index contributed by atoms with van der Waals surface area (Å²) in [6.07, 6.45) is 0. The van der Waals surface area contributed by atoms with Crippen LogP contribution in [0.3, 0.4) is 0 Å². The highest BCUT2D eigenvalue weighted by molar-refractivity contribution is 6.07. The fourth-order valence-corrected chi connectivity index (χ4v) is 4.29. The van der Waals surface area contributed by atoms with Crippen molar-refractivity contribution < 1.29 is 14.0 Å². The summed E-state index contributed by atoms with van der Waals surface area (Å²) in [7, 11) is 0. The fraction of sp³-hybridized carbons (Fsp3) is 0.121. The van der Waals surface area contributed by atoms with E-state index in [1.165, 1.54) is 0 Å². The van der Waals surface area contributed by atoms with Gasteiger partial charge in [0.15, 0.2) is 0 Å². The summed E-state index contributed by atoms with van der Waals surface area (Å²) >= 11 is 0. The summed E-state index contributed by atoms with van der Waals surface area (Å²) in [5.41, 5.74) is 4.16. The van der Waals surface area contributed by atoms with Crippen LogP contribution in [0.1, 0.15) is 47.1 Å². The zero-order valence-corrected chi connectivity index (χ0v) is 21.9. The first-order valence-electron chi connectivity index (χ1n) is 12.6. The molecule has 2 amide bonds. The number of amides is 2. The molecule has 4 aromatic carbocycles. The highest BCUT2D eigenvalue weighted by atomic mass is 16.4. The van der Waals surface area contributed by atoms with Crippen molar-refractivity contribution >= 4 is 34.2 Å². The third-order valence-electron chi connectivity index (χ3n) is 6.47. The van der Waals surface area contributed by atoms with Crippen molar-refractivity contribution in [1.29, 1.82) is 0 Å². The van der Waals surface area contributed by atoms with Crippen molar-refractivity contribution in [1.82, 2.24) is 0 Å². The first kappa shape index (κ1) is 25.7. The van der Waals surface area contributed by atoms with Gasteiger partial charge in [0.2, 0.25) is 0 Å². The number of rotatable bonds is 5. The Bertz CT molecular complexity index is 1740. The molecule has 0 saturated carbocycles. The second kappa shape index (κ2) is 10.4. The second-order valence-electron chi connectivity index (χ2n) is 10.4. The number of carbonyl (C=O) groups is 2. The van der Waals surface area contributed by atoms with Crippen LogP contribution in [0.15, 0.2) is 112 Å². The van der Waals surface area contributed by atoms with Crippen LogP contribution in [0.4, 0.5) is 11.4 Å². The number of nitrogens with one attached hydrogen (secondary N) is 2. The van der Waals surface area contributed by atoms with E-state index in [1.807, 2.05) is 36.4 Å². The maximum Gasteiger partial charge on any atom is 0.344 e. The second-order valence-corrected chi connectivity index (χ2v) is 10.4. The first-order valence-corrected chi connectivity index (χ1v) is 12.6. The third kappa shape index (κ3) is 5.80. The van der Waals surface area contributed by atoms with Crippen LogP contribution in [0.25, 0.3) is 22.1 Å². The van der Waals surface area contributed by atoms with E-state index in [9.17, 15) is 14.4 Å². The molecule has 5 aromatic rings. The average Bonchev–Trinajstić information content (AvgIpc) is 2.92. The fourth-order valence-electron chi connectivity index (χ4n) is 4.29. The van der Waals surface area contributed by atoms with Crippen molar-refractivity contribution in [2.45, 2.75) is 26.2 Å². The van der Waals surface area contributed by atoms with E-state index < -0.39 is 5.63 Å². The predicted molar refractivity (Wildman–Crippen MR) is 155 cm³/mol. The Labute approximate surface area is 226 Å². The highest BCUT2D eigenvalue weighted by Crippen LogP contribution is 2.24. The molecule has 0 aliphatic rings. The lowest BCUT2D eigenvalue weighted by Gasteiger charge is -2.19. The number of benzene rings is 4. The van der Waals surface area contributed by atoms with E-state index in [1.54, 1.807) is 66.7 Å². The van der Waals surface area contributed by atoms with Crippen molar-refractivity contribution in [2.75, 3.05) is 10.6 Å². The zero-order valence-electron chi connectivity index (χ0n) is 21.9. The van der Waals surface area contributed by atoms with E-state index in [-0.39, 0.29) is 17.2 Å². The first-order chi connectivity index (χ1) is 18.7. The summed E-state index contributed by atoms with van der Waals surface area (Å²) in [6, 6.07) is 30.4. The van der Waals surface area contributed by atoms with Crippen LogP contribution < -0.4 is 16.3 Å². The maximum atomic E-state index is 13.1. The molecule has 0 radical (unpaired) electrons. The van der Waals surface area contributed by atoms with Crippen LogP contribution in [0, 0.1) is 0 Å². The molecule has 0 spiro atoms. The van der Waals surface area contributed by atoms with Gasteiger partial charge in [0.05, 0.1) is 5.56 Å². The minimum absolute atomic E-state index is 0.00312. The number of hydrogen-bond donors (Lipinski definition) is 2. The zero-order chi connectivity index (χ0) is 27.6. The Morgan fingerprint density at radius 1 is 0.667 bits per heavy atom. The molecule has 6 nitrogen and oxygen atoms in total. The number of carbonyl (C=O) groups excluding carboxylic acids is 2. The van der Waals surface area contributed by atoms with E-state index in [0.29, 0.717) is 39.2 Å². The van der Waals surface area contributed by atoms with Crippen LogP contribution in [0.5, 0.6) is 0 Å². The molecule has 0 aliphatic heterocycles. The van der Waals surface area contributed by atoms with E-state index >= 15 is 0 Å². The van der Waals surface area contributed by atoms with Gasteiger partial charge in [0.25, 0.3) is 11.8 Å². The van der Waals surface area contributed by atoms with Gasteiger partial charge in [0, 0.05) is 27.9 Å². The van der Waals surface area contributed by atoms with Crippen LogP contribution >= 0.6 is 0 Å². The Balaban J connectivity index is 1.31. The Kier molecular flexibility index (Phi) is 6.86. The quantitative estimate of drug-likeness (QED) is 0.241. The third-order valence-corrected chi connectivity index (χ3v) is 6.47. The Morgan fingerprint density at radius 3 is 2.00 bits per heavy atom. The molecule has 0 fully saturated rings. The standard InChI is InChI=1S/C33H28N2O4/c1-33(2,3)25-16-14-21(15-17-25)30(36)34-26-11-7-12-27(20-26)35-31(37)24-10-6-9-22(18-24)28-19-23-8-4-5-13-29(23)39-32(28)38/h4-20H,1-3H3,(H,34,36)(H,35,37). The van der Waals surface area contributed by atoms with Gasteiger partial charge in [-0.05, 0) is 71.1 Å². The van der Waals surface area contributed by atoms with Crippen molar-refractivity contribution in [2.24, 2.45) is 0 Å². The lowest BCUT2D eigenvalue weighted by Crippen LogP contribution is -2.15. The molecule has 194 valence electrons. The van der Waals surface area contributed by atoms with Gasteiger partial charge in [-0.2, -0.15) is 0 Å². The predicted octanol–water partition coefficient (Wildman–Crippen LogP) is 7.26. The lowest BCUT2D eigenvalue weighted by atomic mass is 9.87. The van der Waals surface area contributed by atoms with Gasteiger partial charge in [-0.15, -0.1) is 0 Å². The van der Waals surface area contributed by atoms with Gasteiger partial charge < -0.3 is 15.1 Å². The maximum absolute atomic E-state index is 13.1. The van der Waals surface area contributed by atoms with Crippen LogP contribution in [-0.4, -0.2) is 11.8 Å². The van der Waals surface area contributed by atoms with E-state index in [2.05, 4.69) is 31.4 Å². The monoisotopic (exact) mass is 516 g/mol. The van der Waals surface area contributed by atoms with Crippen molar-refractivity contribution in [3.8, 4) is 11.1 Å². The van der Waals surface area contributed by atoms with Gasteiger partial charge in [0.1, 0.15) is 5.58 Å². The minimum Gasteiger partial charge on any atom is -0.422 e. The molecule has 2 N–H and O–H groups in total. The molecule has 39 heavy (non-hydrogen) atoms. The smallest absolute Gasteiger partial charge is 0.344 e. The summed E-state index contributed by atoms with van der Waals surface area (Å²) < 4.78 is 5.45. The molecular formula is C33H28N2O4. The SMILES string of the molecule is CC(C)(C)c1ccc(C(=O)Nc2cccc(NC(=O)c3cccc(-c4cc5ccccc5oc4=O)c3)c2)cc1. The summed E-state index contributed by atoms with van der Waals surface area (Å²) in [4.78, 5) is 38.4. The molecule has 0 aliphatic carbocycles. The summed E-state index contributed by atoms with van der Waals surface area (Å²) in [5.74, 6) is -0.580. The number of hydrogen-bond acceptors (Lipinski definition) is 4. The van der Waals surface area contributed by atoms with Gasteiger partial charge >= 0.3 is 5.63 Å². The van der Waals surface area contributed by atoms with Crippen LogP contribution in [0.2, 0.25) is 0 Å². The number of para-hydroxylation sites is 1. The summed E-state index contributed by atoms with van der Waals surface area (Å²) in [6.45, 7) is 6.37. The number of fused-ring (bicyclic) bond motifs is 1. The number of anilines is 2. The van der Waals surface area contributed by atoms with E-state index in [4.69, 9.17) is 4.42 Å². The highest BCUT2D eigenvalue weighted by Gasteiger charge is 2.15. The van der Waals surface area contributed by atoms with E-state index in [0.717, 1.165) is 10.9 Å². The van der Waals surface area contributed by atoms with Crippen molar-refractivity contribution in [3.63, 3.8) is 0 Å². The lowest BCUT2D eigenvalue weighted by molar-refractivity contribution is 0.101. The Morgan fingerprint density at radius 2 is 1.31 bits per heavy atom. The molecule has 0 saturated heterocycles. The normalized spacial score (nSPS) is 11.3. The van der Waals surface area contributed by atoms with Crippen LogP contribution in [-0.2, 0) is 5.41 Å². The molecule has 0 bridgehead atoms.